The molecule has 9 nitrogen and oxygen atoms in total. The standard InChI is InChI=1S/C19H20N6O3/c1-27-15-2-4-16(5-3-15)28-11-19(26)25-13-8-14(25)10-23(9-13)18-7-6-17-21-20-12-24(17)22-18/h2-7,12-14H,8-11H2,1H3. The van der Waals surface area contributed by atoms with Crippen molar-refractivity contribution in [2.24, 2.45) is 0 Å². The summed E-state index contributed by atoms with van der Waals surface area (Å²) in [6.45, 7) is 1.58. The zero-order chi connectivity index (χ0) is 19.1. The molecule has 28 heavy (non-hydrogen) atoms. The molecule has 0 radical (unpaired) electrons. The number of fused-ring (bicyclic) bond motifs is 3. The van der Waals surface area contributed by atoms with Gasteiger partial charge in [0, 0.05) is 13.1 Å². The van der Waals surface area contributed by atoms with Crippen LogP contribution < -0.4 is 14.4 Å². The monoisotopic (exact) mass is 380 g/mol. The van der Waals surface area contributed by atoms with Crippen molar-refractivity contribution in [2.45, 2.75) is 18.5 Å². The fourth-order valence-corrected chi connectivity index (χ4v) is 3.98. The minimum Gasteiger partial charge on any atom is -0.497 e. The van der Waals surface area contributed by atoms with Crippen molar-refractivity contribution in [1.29, 1.82) is 0 Å². The minimum atomic E-state index is 0.0268. The number of carbonyl (C=O) groups is 1. The summed E-state index contributed by atoms with van der Waals surface area (Å²) in [6, 6.07) is 11.5. The molecule has 3 fully saturated rings. The van der Waals surface area contributed by atoms with Crippen LogP contribution in [0.2, 0.25) is 0 Å². The maximum atomic E-state index is 12.6. The summed E-state index contributed by atoms with van der Waals surface area (Å²) in [5.74, 6) is 2.32. The predicted octanol–water partition coefficient (Wildman–Crippen LogP) is 1.00. The van der Waals surface area contributed by atoms with Crippen LogP contribution in [-0.2, 0) is 4.79 Å². The lowest BCUT2D eigenvalue weighted by Crippen LogP contribution is -2.71. The lowest BCUT2D eigenvalue weighted by atomic mass is 9.87. The highest BCUT2D eigenvalue weighted by Crippen LogP contribution is 2.34. The molecule has 2 aromatic heterocycles. The number of anilines is 1. The van der Waals surface area contributed by atoms with E-state index in [0.717, 1.165) is 36.7 Å². The molecule has 144 valence electrons. The van der Waals surface area contributed by atoms with Crippen LogP contribution in [0.4, 0.5) is 5.82 Å². The van der Waals surface area contributed by atoms with Crippen molar-refractivity contribution in [3.05, 3.63) is 42.7 Å². The van der Waals surface area contributed by atoms with Crippen LogP contribution >= 0.6 is 0 Å². The Kier molecular flexibility index (Phi) is 4.00. The SMILES string of the molecule is COc1ccc(OCC(=O)N2C3CC2CN(c2ccc4nncn4n2)C3)cc1. The van der Waals surface area contributed by atoms with E-state index in [2.05, 4.69) is 20.2 Å². The van der Waals surface area contributed by atoms with Gasteiger partial charge >= 0.3 is 0 Å². The average Bonchev–Trinajstić information content (AvgIpc) is 3.20. The van der Waals surface area contributed by atoms with Crippen LogP contribution in [0.25, 0.3) is 5.65 Å². The van der Waals surface area contributed by atoms with Gasteiger partial charge < -0.3 is 19.3 Å². The molecule has 3 aromatic rings. The van der Waals surface area contributed by atoms with Crippen molar-refractivity contribution < 1.29 is 14.3 Å². The fourth-order valence-electron chi connectivity index (χ4n) is 3.98. The number of hydrogen-bond acceptors (Lipinski definition) is 7. The smallest absolute Gasteiger partial charge is 0.261 e. The molecule has 0 N–H and O–H groups in total. The second-order valence-electron chi connectivity index (χ2n) is 7.04. The van der Waals surface area contributed by atoms with Crippen molar-refractivity contribution in [3.8, 4) is 11.5 Å². The quantitative estimate of drug-likeness (QED) is 0.653. The molecule has 0 aliphatic carbocycles. The molecule has 5 heterocycles. The average molecular weight is 380 g/mol. The number of aromatic nitrogens is 4. The topological polar surface area (TPSA) is 85.1 Å². The van der Waals surface area contributed by atoms with Crippen LogP contribution in [0.15, 0.2) is 42.7 Å². The highest BCUT2D eigenvalue weighted by Gasteiger charge is 2.47. The molecule has 3 saturated heterocycles. The lowest BCUT2D eigenvalue weighted by molar-refractivity contribution is -0.148. The maximum Gasteiger partial charge on any atom is 0.261 e. The minimum absolute atomic E-state index is 0.0268. The van der Waals surface area contributed by atoms with Crippen LogP contribution in [0.5, 0.6) is 11.5 Å². The number of methoxy groups -OCH3 is 1. The first kappa shape index (κ1) is 16.8. The van der Waals surface area contributed by atoms with E-state index in [1.54, 1.807) is 30.1 Å². The highest BCUT2D eigenvalue weighted by molar-refractivity contribution is 5.80. The maximum absolute atomic E-state index is 12.6. The Bertz CT molecular complexity index is 992. The summed E-state index contributed by atoms with van der Waals surface area (Å²) < 4.78 is 12.4. The van der Waals surface area contributed by atoms with Gasteiger partial charge in [0.15, 0.2) is 12.3 Å². The van der Waals surface area contributed by atoms with Crippen molar-refractivity contribution >= 4 is 17.4 Å². The van der Waals surface area contributed by atoms with Gasteiger partial charge in [-0.05, 0) is 42.8 Å². The Hall–Kier alpha value is -3.36. The molecule has 6 rings (SSSR count). The molecule has 3 aliphatic heterocycles. The number of hydrogen-bond donors (Lipinski definition) is 0. The first-order chi connectivity index (χ1) is 13.7. The Labute approximate surface area is 161 Å². The van der Waals surface area contributed by atoms with E-state index in [0.29, 0.717) is 5.75 Å². The Morgan fingerprint density at radius 3 is 2.61 bits per heavy atom. The van der Waals surface area contributed by atoms with Crippen LogP contribution in [0.3, 0.4) is 0 Å². The second-order valence-corrected chi connectivity index (χ2v) is 7.04. The number of carbonyl (C=O) groups excluding carboxylic acids is 1. The highest BCUT2D eigenvalue weighted by atomic mass is 16.5. The van der Waals surface area contributed by atoms with E-state index in [4.69, 9.17) is 9.47 Å². The summed E-state index contributed by atoms with van der Waals surface area (Å²) in [7, 11) is 1.62. The molecule has 0 saturated carbocycles. The Morgan fingerprint density at radius 2 is 1.86 bits per heavy atom. The van der Waals surface area contributed by atoms with E-state index < -0.39 is 0 Å². The zero-order valence-electron chi connectivity index (χ0n) is 15.4. The number of piperazine rings is 1. The first-order valence-electron chi connectivity index (χ1n) is 9.21. The zero-order valence-corrected chi connectivity index (χ0v) is 15.4. The summed E-state index contributed by atoms with van der Waals surface area (Å²) in [6.07, 6.45) is 2.62. The Balaban J connectivity index is 1.20. The third-order valence-corrected chi connectivity index (χ3v) is 5.37. The van der Waals surface area contributed by atoms with Crippen molar-refractivity contribution in [2.75, 3.05) is 31.7 Å². The molecule has 9 heteroatoms. The number of amides is 1. The van der Waals surface area contributed by atoms with Gasteiger partial charge in [-0.25, -0.2) is 0 Å². The van der Waals surface area contributed by atoms with E-state index in [1.165, 1.54) is 0 Å². The number of nitrogens with zero attached hydrogens (tertiary/aromatic N) is 6. The molecule has 1 aromatic carbocycles. The normalized spacial score (nSPS) is 20.8. The van der Waals surface area contributed by atoms with Gasteiger partial charge in [0.2, 0.25) is 0 Å². The van der Waals surface area contributed by atoms with Gasteiger partial charge in [-0.3, -0.25) is 4.79 Å². The third kappa shape index (κ3) is 2.88. The number of benzene rings is 1. The van der Waals surface area contributed by atoms with Crippen LogP contribution in [-0.4, -0.2) is 69.5 Å². The van der Waals surface area contributed by atoms with E-state index in [1.807, 2.05) is 29.2 Å². The first-order valence-corrected chi connectivity index (χ1v) is 9.21. The predicted molar refractivity (Wildman–Crippen MR) is 101 cm³/mol. The van der Waals surface area contributed by atoms with Gasteiger partial charge in [-0.2, -0.15) is 4.52 Å². The molecular weight excluding hydrogens is 360 g/mol. The summed E-state index contributed by atoms with van der Waals surface area (Å²) in [5.41, 5.74) is 0.721. The molecule has 2 atom stereocenters. The van der Waals surface area contributed by atoms with Gasteiger partial charge in [0.05, 0.1) is 19.2 Å². The van der Waals surface area contributed by atoms with E-state index in [9.17, 15) is 4.79 Å². The second kappa shape index (κ2) is 6.66. The molecule has 2 unspecified atom stereocenters. The molecule has 3 aliphatic rings. The number of ether oxygens (including phenoxy) is 2. The fraction of sp³-hybridized carbons (Fsp3) is 0.368. The van der Waals surface area contributed by atoms with Gasteiger partial charge in [-0.15, -0.1) is 15.3 Å². The summed E-state index contributed by atoms with van der Waals surface area (Å²) in [4.78, 5) is 16.8. The number of rotatable bonds is 5. The van der Waals surface area contributed by atoms with E-state index in [-0.39, 0.29) is 24.6 Å². The van der Waals surface area contributed by atoms with Crippen molar-refractivity contribution in [1.82, 2.24) is 24.7 Å². The van der Waals surface area contributed by atoms with E-state index >= 15 is 0 Å². The van der Waals surface area contributed by atoms with Gasteiger partial charge in [-0.1, -0.05) is 0 Å². The van der Waals surface area contributed by atoms with Crippen molar-refractivity contribution in [3.63, 3.8) is 0 Å². The molecule has 1 amide bonds. The third-order valence-electron chi connectivity index (χ3n) is 5.37. The Morgan fingerprint density at radius 1 is 1.11 bits per heavy atom. The molecular formula is C19H20N6O3. The lowest BCUT2D eigenvalue weighted by Gasteiger charge is -2.56. The van der Waals surface area contributed by atoms with Crippen LogP contribution in [0, 0.1) is 0 Å². The molecule has 2 bridgehead atoms. The molecule has 0 spiro atoms. The largest absolute Gasteiger partial charge is 0.497 e. The van der Waals surface area contributed by atoms with Crippen LogP contribution in [0.1, 0.15) is 6.42 Å². The summed E-state index contributed by atoms with van der Waals surface area (Å²) >= 11 is 0. The van der Waals surface area contributed by atoms with Gasteiger partial charge in [0.1, 0.15) is 23.6 Å². The van der Waals surface area contributed by atoms with Gasteiger partial charge in [0.25, 0.3) is 5.91 Å². The summed E-state index contributed by atoms with van der Waals surface area (Å²) in [5, 5.41) is 12.4. The number of piperidine rings is 1.